The molecule has 0 aliphatic carbocycles. The molecule has 0 atom stereocenters. The molecule has 7 heterocycles. The summed E-state index contributed by atoms with van der Waals surface area (Å²) in [6.45, 7) is 12.6. The first-order chi connectivity index (χ1) is 33.9. The average molecular weight is 1080 g/mol. The fourth-order valence-corrected chi connectivity index (χ4v) is 9.60. The van der Waals surface area contributed by atoms with Crippen LogP contribution in [0, 0.1) is 24.7 Å². The Morgan fingerprint density at radius 2 is 1.30 bits per heavy atom. The van der Waals surface area contributed by atoms with E-state index in [4.69, 9.17) is 14.5 Å². The van der Waals surface area contributed by atoms with Gasteiger partial charge < -0.3 is 23.8 Å². The van der Waals surface area contributed by atoms with Crippen LogP contribution in [0.1, 0.15) is 48.5 Å². The van der Waals surface area contributed by atoms with Gasteiger partial charge in [0.1, 0.15) is 17.3 Å². The SMILES string of the molecule is [2H]C([2H])(c1cc2ncc1-c1cccc(c1)Oc1ccc(cc1)-c1cccc(-c3ccccc3)c1N1[CH-]N(c3[c-]c(cc(C(C)(C)C)c3)Oc3[c-]c4c(cc3)c3ccccc3n4-2)c2ccccc21)C(C)C.[Pt]. The Bertz CT molecular complexity index is 3660. The fraction of sp³-hybridized carbons (Fsp3) is 0.129. The average Bonchev–Trinajstić information content (AvgIpc) is 3.92. The number of rotatable bonds is 3. The molecule has 0 spiro atoms. The van der Waals surface area contributed by atoms with Crippen LogP contribution in [-0.4, -0.2) is 9.55 Å². The summed E-state index contributed by atoms with van der Waals surface area (Å²) in [6.07, 6.45) is 0.0809. The van der Waals surface area contributed by atoms with Crippen LogP contribution in [0.5, 0.6) is 23.0 Å². The van der Waals surface area contributed by atoms with Gasteiger partial charge in [0.25, 0.3) is 0 Å². The molecular formula is C62H49N4O2Pt-3. The molecular weight excluding hydrogens is 1030 g/mol. The second-order valence-electron chi connectivity index (χ2n) is 18.9. The molecule has 69 heavy (non-hydrogen) atoms. The van der Waals surface area contributed by atoms with E-state index in [-0.39, 0.29) is 32.4 Å². The topological polar surface area (TPSA) is 42.8 Å². The Morgan fingerprint density at radius 3 is 2.07 bits per heavy atom. The summed E-state index contributed by atoms with van der Waals surface area (Å²) in [5.74, 6) is 2.62. The van der Waals surface area contributed by atoms with Gasteiger partial charge in [-0.2, -0.15) is 6.07 Å². The normalized spacial score (nSPS) is 13.5. The molecule has 0 radical (unpaired) electrons. The van der Waals surface area contributed by atoms with Gasteiger partial charge in [0, 0.05) is 80.8 Å². The number of hydrogen-bond acceptors (Lipinski definition) is 5. The van der Waals surface area contributed by atoms with Crippen molar-refractivity contribution < 1.29 is 33.3 Å². The largest absolute Gasteiger partial charge is 0.509 e. The van der Waals surface area contributed by atoms with E-state index in [0.29, 0.717) is 39.9 Å². The van der Waals surface area contributed by atoms with Crippen molar-refractivity contribution in [1.82, 2.24) is 9.55 Å². The van der Waals surface area contributed by atoms with Crippen LogP contribution in [0.3, 0.4) is 0 Å². The first-order valence-corrected chi connectivity index (χ1v) is 23.2. The van der Waals surface area contributed by atoms with Crippen LogP contribution in [-0.2, 0) is 32.9 Å². The summed E-state index contributed by atoms with van der Waals surface area (Å²) in [5, 5.41) is 2.00. The van der Waals surface area contributed by atoms with Crippen molar-refractivity contribution in [2.45, 2.75) is 46.4 Å². The van der Waals surface area contributed by atoms with E-state index in [9.17, 15) is 2.74 Å². The summed E-state index contributed by atoms with van der Waals surface area (Å²) >= 11 is 0. The molecule has 6 nitrogen and oxygen atoms in total. The van der Waals surface area contributed by atoms with Crippen molar-refractivity contribution >= 4 is 44.6 Å². The van der Waals surface area contributed by atoms with Crippen LogP contribution in [0.2, 0.25) is 0 Å². The minimum absolute atomic E-state index is 0. The number of para-hydroxylation sites is 4. The second kappa shape index (κ2) is 17.6. The predicted octanol–water partition coefficient (Wildman–Crippen LogP) is 16.6. The summed E-state index contributed by atoms with van der Waals surface area (Å²) in [4.78, 5) is 9.63. The number of ether oxygens (including phenoxy) is 2. The molecule has 7 heteroatoms. The van der Waals surface area contributed by atoms with E-state index >= 15 is 0 Å². The third-order valence-corrected chi connectivity index (χ3v) is 12.8. The number of hydrogen-bond donors (Lipinski definition) is 0. The Hall–Kier alpha value is -7.40. The smallest absolute Gasteiger partial charge is 0.135 e. The van der Waals surface area contributed by atoms with Gasteiger partial charge in [-0.25, -0.2) is 4.98 Å². The van der Waals surface area contributed by atoms with Crippen LogP contribution in [0.25, 0.3) is 61.0 Å². The quantitative estimate of drug-likeness (QED) is 0.165. The summed E-state index contributed by atoms with van der Waals surface area (Å²) < 4.78 is 34.7. The molecule has 5 aliphatic rings. The van der Waals surface area contributed by atoms with Crippen LogP contribution >= 0.6 is 0 Å². The van der Waals surface area contributed by atoms with Crippen molar-refractivity contribution in [2.24, 2.45) is 5.92 Å². The third kappa shape index (κ3) is 8.07. The van der Waals surface area contributed by atoms with E-state index in [1.54, 1.807) is 6.20 Å². The minimum atomic E-state index is -1.72. The van der Waals surface area contributed by atoms with E-state index in [1.165, 1.54) is 0 Å². The Kier molecular flexibility index (Phi) is 10.6. The monoisotopic (exact) mass is 1080 g/mol. The maximum absolute atomic E-state index is 9.55. The van der Waals surface area contributed by atoms with E-state index < -0.39 is 6.37 Å². The van der Waals surface area contributed by atoms with Gasteiger partial charge in [-0.15, -0.1) is 53.6 Å². The molecule has 0 saturated carbocycles. The van der Waals surface area contributed by atoms with Crippen molar-refractivity contribution in [1.29, 1.82) is 0 Å². The van der Waals surface area contributed by atoms with Crippen molar-refractivity contribution in [3.8, 4) is 62.2 Å². The minimum Gasteiger partial charge on any atom is -0.509 e. The Labute approximate surface area is 421 Å². The number of benzene rings is 8. The molecule has 0 unspecified atom stereocenters. The van der Waals surface area contributed by atoms with Gasteiger partial charge >= 0.3 is 0 Å². The summed E-state index contributed by atoms with van der Waals surface area (Å²) in [5.41, 5.74) is 12.7. The molecule has 10 aromatic rings. The maximum atomic E-state index is 9.55. The molecule has 2 aromatic heterocycles. The Balaban J connectivity index is 0.00000547. The van der Waals surface area contributed by atoms with Crippen molar-refractivity contribution in [3.63, 3.8) is 0 Å². The van der Waals surface area contributed by atoms with Crippen molar-refractivity contribution in [3.05, 3.63) is 212 Å². The van der Waals surface area contributed by atoms with E-state index in [1.807, 2.05) is 74.5 Å². The zero-order valence-electron chi connectivity index (χ0n) is 40.9. The molecule has 5 aliphatic heterocycles. The van der Waals surface area contributed by atoms with Gasteiger partial charge in [-0.1, -0.05) is 143 Å². The van der Waals surface area contributed by atoms with E-state index in [2.05, 4.69) is 169 Å². The van der Waals surface area contributed by atoms with Crippen LogP contribution < -0.4 is 19.3 Å². The maximum Gasteiger partial charge on any atom is 0.135 e. The van der Waals surface area contributed by atoms with Gasteiger partial charge in [0.15, 0.2) is 0 Å². The molecule has 0 saturated heterocycles. The number of aromatic nitrogens is 2. The van der Waals surface area contributed by atoms with Gasteiger partial charge in [-0.3, -0.25) is 0 Å². The first kappa shape index (κ1) is 41.8. The number of fused-ring (bicyclic) bond motifs is 3. The third-order valence-electron chi connectivity index (χ3n) is 12.8. The van der Waals surface area contributed by atoms with Crippen LogP contribution in [0.15, 0.2) is 182 Å². The number of nitrogens with zero attached hydrogens (tertiary/aromatic N) is 4. The molecule has 8 aromatic carbocycles. The van der Waals surface area contributed by atoms with Crippen LogP contribution in [0.4, 0.5) is 22.7 Å². The Morgan fingerprint density at radius 1 is 0.609 bits per heavy atom. The molecule has 342 valence electrons. The zero-order chi connectivity index (χ0) is 47.9. The zero-order valence-corrected chi connectivity index (χ0v) is 41.2. The summed E-state index contributed by atoms with van der Waals surface area (Å²) in [6, 6.07) is 67.4. The molecule has 0 amide bonds. The first-order valence-electron chi connectivity index (χ1n) is 24.2. The number of pyridine rings is 1. The molecule has 12 bridgehead atoms. The van der Waals surface area contributed by atoms with Gasteiger partial charge in [0.2, 0.25) is 0 Å². The summed E-state index contributed by atoms with van der Waals surface area (Å²) in [7, 11) is 0. The van der Waals surface area contributed by atoms with Gasteiger partial charge in [-0.05, 0) is 93.9 Å². The molecule has 15 rings (SSSR count). The van der Waals surface area contributed by atoms with E-state index in [0.717, 1.165) is 77.9 Å². The second-order valence-corrected chi connectivity index (χ2v) is 18.9. The molecule has 0 N–H and O–H groups in total. The number of anilines is 4. The molecule has 0 fully saturated rings. The van der Waals surface area contributed by atoms with Crippen molar-refractivity contribution in [2.75, 3.05) is 9.80 Å². The standard InChI is InChI=1S/C62H49N4O2.Pt/c1-40(2)31-44-33-60-63-38-55(44)43-17-13-18-48(32-43)67-47-27-25-42(26-28-47)52-21-14-20-51(41-15-7-6-8-16-41)61(52)65-39-64(57-23-11-12-24-58(57)65)46-34-45(62(3,4)5)35-50(36-46)68-49-29-30-54-53-19-9-10-22-56(53)66(60)59(54)37-49;/h6-30,32-35,38-40H,31H2,1-5H3;/q-3;/i31D2;. The predicted molar refractivity (Wildman–Crippen MR) is 278 cm³/mol. The fourth-order valence-electron chi connectivity index (χ4n) is 9.60. The van der Waals surface area contributed by atoms with Gasteiger partial charge in [0.05, 0.1) is 0 Å².